The van der Waals surface area contributed by atoms with E-state index in [0.717, 1.165) is 23.6 Å². The van der Waals surface area contributed by atoms with E-state index in [1.165, 1.54) is 29.8 Å². The van der Waals surface area contributed by atoms with Gasteiger partial charge < -0.3 is 4.74 Å². The summed E-state index contributed by atoms with van der Waals surface area (Å²) in [4.78, 5) is 14.2. The van der Waals surface area contributed by atoms with Gasteiger partial charge in [-0.2, -0.15) is 0 Å². The van der Waals surface area contributed by atoms with Crippen LogP contribution in [0.3, 0.4) is 0 Å². The first-order chi connectivity index (χ1) is 16.8. The molecule has 4 heteroatoms. The van der Waals surface area contributed by atoms with E-state index >= 15 is 0 Å². The van der Waals surface area contributed by atoms with E-state index in [0.29, 0.717) is 24.2 Å². The summed E-state index contributed by atoms with van der Waals surface area (Å²) in [6.07, 6.45) is 0.543. The maximum absolute atomic E-state index is 14.7. The number of nitrogens with zero attached hydrogens (tertiary/aromatic N) is 1. The highest BCUT2D eigenvalue weighted by Crippen LogP contribution is 2.32. The number of hydrogen-bond donors (Lipinski definition) is 0. The fourth-order valence-electron chi connectivity index (χ4n) is 4.45. The van der Waals surface area contributed by atoms with Crippen LogP contribution in [0.1, 0.15) is 89.6 Å². The number of esters is 1. The van der Waals surface area contributed by atoms with Gasteiger partial charge in [0.15, 0.2) is 0 Å². The van der Waals surface area contributed by atoms with Crippen LogP contribution in [0.4, 0.5) is 4.39 Å². The molecule has 1 heterocycles. The zero-order valence-electron chi connectivity index (χ0n) is 24.3. The van der Waals surface area contributed by atoms with Crippen molar-refractivity contribution in [2.45, 2.75) is 95.5 Å². The Bertz CT molecular complexity index is 878. The lowest BCUT2D eigenvalue weighted by atomic mass is 9.90. The van der Waals surface area contributed by atoms with Crippen LogP contribution in [-0.4, -0.2) is 30.6 Å². The predicted molar refractivity (Wildman–Crippen MR) is 149 cm³/mol. The molecule has 1 fully saturated rings. The molecule has 0 aromatic heterocycles. The van der Waals surface area contributed by atoms with E-state index in [1.54, 1.807) is 13.8 Å². The summed E-state index contributed by atoms with van der Waals surface area (Å²) in [5, 5.41) is 0. The van der Waals surface area contributed by atoms with E-state index < -0.39 is 0 Å². The Kier molecular flexibility index (Phi) is 16.2. The van der Waals surface area contributed by atoms with Crippen LogP contribution in [0.5, 0.6) is 0 Å². The summed E-state index contributed by atoms with van der Waals surface area (Å²) in [7, 11) is 0. The Morgan fingerprint density at radius 2 is 1.49 bits per heavy atom. The molecule has 0 saturated carbocycles. The first-order valence-corrected chi connectivity index (χ1v) is 13.6. The normalized spacial score (nSPS) is 12.7. The van der Waals surface area contributed by atoms with Crippen molar-refractivity contribution >= 4 is 5.97 Å². The molecular weight excluding hydrogens is 437 g/mol. The third kappa shape index (κ3) is 9.76. The number of hydrogen-bond acceptors (Lipinski definition) is 3. The number of benzene rings is 2. The van der Waals surface area contributed by atoms with E-state index in [1.807, 2.05) is 53.7 Å². The second-order valence-electron chi connectivity index (χ2n) is 8.48. The Morgan fingerprint density at radius 1 is 0.943 bits per heavy atom. The SMILES string of the molecule is CC.CC.CC.CCOC(=O)CCc1cc(-c2c(C)cc(CN3CC(C)C3)cc2C)cc(C)c1F. The molecule has 0 radical (unpaired) electrons. The van der Waals surface area contributed by atoms with Crippen molar-refractivity contribution in [3.05, 3.63) is 57.9 Å². The summed E-state index contributed by atoms with van der Waals surface area (Å²) in [6, 6.07) is 8.31. The smallest absolute Gasteiger partial charge is 0.306 e. The van der Waals surface area contributed by atoms with E-state index in [-0.39, 0.29) is 18.2 Å². The van der Waals surface area contributed by atoms with Gasteiger partial charge in [0, 0.05) is 26.1 Å². The van der Waals surface area contributed by atoms with Gasteiger partial charge >= 0.3 is 5.97 Å². The van der Waals surface area contributed by atoms with Crippen LogP contribution in [0.25, 0.3) is 11.1 Å². The van der Waals surface area contributed by atoms with Crippen molar-refractivity contribution < 1.29 is 13.9 Å². The standard InChI is InChI=1S/C25H32FNO2.3C2H6/c1-6-29-23(28)8-7-21-12-22(11-19(5)25(21)26)24-17(3)9-20(10-18(24)4)15-27-13-16(2)14-27;3*1-2/h9-12,16H,6-8,13-15H2,1-5H3;3*1-2H3. The molecule has 3 nitrogen and oxygen atoms in total. The van der Waals surface area contributed by atoms with Crippen LogP contribution in [-0.2, 0) is 22.5 Å². The van der Waals surface area contributed by atoms with Crippen LogP contribution in [0.2, 0.25) is 0 Å². The first-order valence-electron chi connectivity index (χ1n) is 13.6. The van der Waals surface area contributed by atoms with Gasteiger partial charge in [-0.25, -0.2) is 4.39 Å². The van der Waals surface area contributed by atoms with Crippen molar-refractivity contribution in [3.8, 4) is 11.1 Å². The molecule has 0 bridgehead atoms. The van der Waals surface area contributed by atoms with Gasteiger partial charge in [-0.3, -0.25) is 9.69 Å². The van der Waals surface area contributed by atoms with E-state index in [9.17, 15) is 9.18 Å². The number of ether oxygens (including phenoxy) is 1. The predicted octanol–water partition coefficient (Wildman–Crippen LogP) is 8.44. The Balaban J connectivity index is 0.00000179. The minimum Gasteiger partial charge on any atom is -0.466 e. The van der Waals surface area contributed by atoms with Crippen LogP contribution < -0.4 is 0 Å². The third-order valence-corrected chi connectivity index (χ3v) is 5.66. The molecule has 0 unspecified atom stereocenters. The highest BCUT2D eigenvalue weighted by molar-refractivity contribution is 5.73. The molecule has 1 aliphatic heterocycles. The van der Waals surface area contributed by atoms with Crippen LogP contribution in [0, 0.1) is 32.5 Å². The molecule has 0 N–H and O–H groups in total. The molecule has 2 aromatic carbocycles. The summed E-state index contributed by atoms with van der Waals surface area (Å²) < 4.78 is 19.6. The van der Waals surface area contributed by atoms with Gasteiger partial charge in [-0.1, -0.05) is 60.6 Å². The van der Waals surface area contributed by atoms with E-state index in [4.69, 9.17) is 4.74 Å². The van der Waals surface area contributed by atoms with Crippen molar-refractivity contribution in [2.75, 3.05) is 19.7 Å². The Labute approximate surface area is 215 Å². The maximum atomic E-state index is 14.7. The monoisotopic (exact) mass is 487 g/mol. The zero-order chi connectivity index (χ0) is 27.1. The van der Waals surface area contributed by atoms with Crippen molar-refractivity contribution in [1.29, 1.82) is 0 Å². The van der Waals surface area contributed by atoms with E-state index in [2.05, 4.69) is 37.8 Å². The molecule has 1 aliphatic rings. The molecular formula is C31H50FNO2. The van der Waals surface area contributed by atoms with Gasteiger partial charge in [-0.05, 0) is 91.1 Å². The maximum Gasteiger partial charge on any atom is 0.306 e. The van der Waals surface area contributed by atoms with Gasteiger partial charge in [0.05, 0.1) is 6.61 Å². The topological polar surface area (TPSA) is 29.5 Å². The Hall–Kier alpha value is -2.20. The van der Waals surface area contributed by atoms with Crippen molar-refractivity contribution in [2.24, 2.45) is 5.92 Å². The quantitative estimate of drug-likeness (QED) is 0.367. The summed E-state index contributed by atoms with van der Waals surface area (Å²) in [5.41, 5.74) is 7.10. The fourth-order valence-corrected chi connectivity index (χ4v) is 4.45. The number of carbonyl (C=O) groups excluding carboxylic acids is 1. The zero-order valence-corrected chi connectivity index (χ0v) is 24.3. The molecule has 0 amide bonds. The average Bonchev–Trinajstić information content (AvgIpc) is 2.83. The lowest BCUT2D eigenvalue weighted by Crippen LogP contribution is -2.44. The highest BCUT2D eigenvalue weighted by atomic mass is 19.1. The number of carbonyl (C=O) groups is 1. The first kappa shape index (κ1) is 32.8. The average molecular weight is 488 g/mol. The minimum absolute atomic E-state index is 0.193. The lowest BCUT2D eigenvalue weighted by Gasteiger charge is -2.37. The molecule has 0 spiro atoms. The molecule has 0 aliphatic carbocycles. The molecule has 3 rings (SSSR count). The number of aryl methyl sites for hydroxylation is 4. The largest absolute Gasteiger partial charge is 0.466 e. The number of rotatable bonds is 7. The van der Waals surface area contributed by atoms with Gasteiger partial charge in [0.25, 0.3) is 0 Å². The molecule has 1 saturated heterocycles. The number of halogens is 1. The van der Waals surface area contributed by atoms with Gasteiger partial charge in [0.1, 0.15) is 5.82 Å². The highest BCUT2D eigenvalue weighted by Gasteiger charge is 2.22. The van der Waals surface area contributed by atoms with Crippen molar-refractivity contribution in [1.82, 2.24) is 4.90 Å². The molecule has 2 aromatic rings. The molecule has 198 valence electrons. The van der Waals surface area contributed by atoms with Gasteiger partial charge in [-0.15, -0.1) is 0 Å². The van der Waals surface area contributed by atoms with Crippen LogP contribution in [0.15, 0.2) is 24.3 Å². The van der Waals surface area contributed by atoms with Crippen molar-refractivity contribution in [3.63, 3.8) is 0 Å². The summed E-state index contributed by atoms with van der Waals surface area (Å²) in [6.45, 7) is 25.8. The number of likely N-dealkylation sites (tertiary alicyclic amines) is 1. The summed E-state index contributed by atoms with van der Waals surface area (Å²) >= 11 is 0. The Morgan fingerprint density at radius 3 is 1.97 bits per heavy atom. The fraction of sp³-hybridized carbons (Fsp3) is 0.581. The second kappa shape index (κ2) is 17.3. The minimum atomic E-state index is -0.285. The van der Waals surface area contributed by atoms with Crippen LogP contribution >= 0.6 is 0 Å². The lowest BCUT2D eigenvalue weighted by molar-refractivity contribution is -0.143. The van der Waals surface area contributed by atoms with Gasteiger partial charge in [0.2, 0.25) is 0 Å². The summed E-state index contributed by atoms with van der Waals surface area (Å²) in [5.74, 6) is 0.288. The molecule has 0 atom stereocenters. The molecule has 35 heavy (non-hydrogen) atoms. The third-order valence-electron chi connectivity index (χ3n) is 5.66. The second-order valence-corrected chi connectivity index (χ2v) is 8.48.